The molecule has 0 aromatic heterocycles. The van der Waals surface area contributed by atoms with Gasteiger partial charge in [-0.3, -0.25) is 0 Å². The first-order chi connectivity index (χ1) is 6.90. The Morgan fingerprint density at radius 1 is 1.47 bits per heavy atom. The summed E-state index contributed by atoms with van der Waals surface area (Å²) in [4.78, 5) is 11.4. The third-order valence-corrected chi connectivity index (χ3v) is 2.52. The molecule has 0 aromatic carbocycles. The highest BCUT2D eigenvalue weighted by atomic mass is 16.6. The van der Waals surface area contributed by atoms with Crippen LogP contribution in [-0.2, 0) is 4.74 Å². The number of aliphatic hydroxyl groups excluding tert-OH is 1. The van der Waals surface area contributed by atoms with Crippen LogP contribution in [0.2, 0.25) is 0 Å². The predicted octanol–water partition coefficient (Wildman–Crippen LogP) is 1.67. The highest BCUT2D eigenvalue weighted by molar-refractivity contribution is 5.68. The van der Waals surface area contributed by atoms with Crippen molar-refractivity contribution in [2.75, 3.05) is 6.61 Å². The van der Waals surface area contributed by atoms with Crippen LogP contribution in [0, 0.1) is 5.92 Å². The van der Waals surface area contributed by atoms with Crippen LogP contribution in [0.4, 0.5) is 4.79 Å². The van der Waals surface area contributed by atoms with Crippen molar-refractivity contribution < 1.29 is 14.6 Å². The van der Waals surface area contributed by atoms with Crippen LogP contribution in [-0.4, -0.2) is 29.4 Å². The van der Waals surface area contributed by atoms with Crippen LogP contribution in [0.3, 0.4) is 0 Å². The van der Waals surface area contributed by atoms with Gasteiger partial charge in [0.25, 0.3) is 0 Å². The van der Waals surface area contributed by atoms with Crippen LogP contribution in [0.5, 0.6) is 0 Å². The van der Waals surface area contributed by atoms with E-state index in [0.717, 1.165) is 19.3 Å². The first-order valence-corrected chi connectivity index (χ1v) is 5.51. The average Bonchev–Trinajstić information content (AvgIpc) is 2.48. The Morgan fingerprint density at radius 2 is 2.13 bits per heavy atom. The molecule has 0 heterocycles. The third-order valence-electron chi connectivity index (χ3n) is 2.52. The number of hydrogen-bond donors (Lipinski definition) is 2. The fraction of sp³-hybridized carbons (Fsp3) is 0.909. The van der Waals surface area contributed by atoms with E-state index < -0.39 is 5.60 Å². The highest BCUT2D eigenvalue weighted by Gasteiger charge is 2.26. The smallest absolute Gasteiger partial charge is 0.407 e. The van der Waals surface area contributed by atoms with Gasteiger partial charge in [-0.15, -0.1) is 0 Å². The molecule has 15 heavy (non-hydrogen) atoms. The predicted molar refractivity (Wildman–Crippen MR) is 57.6 cm³/mol. The molecule has 0 aromatic rings. The van der Waals surface area contributed by atoms with Gasteiger partial charge in [0.1, 0.15) is 5.60 Å². The molecule has 1 amide bonds. The van der Waals surface area contributed by atoms with Gasteiger partial charge in [-0.1, -0.05) is 0 Å². The Kier molecular flexibility index (Phi) is 3.97. The van der Waals surface area contributed by atoms with Crippen molar-refractivity contribution in [3.63, 3.8) is 0 Å². The number of amides is 1. The van der Waals surface area contributed by atoms with Crippen LogP contribution in [0.15, 0.2) is 0 Å². The van der Waals surface area contributed by atoms with Gasteiger partial charge in [-0.25, -0.2) is 4.79 Å². The normalized spacial score (nSPS) is 26.4. The molecule has 88 valence electrons. The summed E-state index contributed by atoms with van der Waals surface area (Å²) in [6.45, 7) is 5.75. The van der Waals surface area contributed by atoms with Crippen LogP contribution in [0.25, 0.3) is 0 Å². The van der Waals surface area contributed by atoms with Gasteiger partial charge >= 0.3 is 6.09 Å². The van der Waals surface area contributed by atoms with Gasteiger partial charge in [0.15, 0.2) is 0 Å². The molecule has 0 radical (unpaired) electrons. The Balaban J connectivity index is 2.28. The largest absolute Gasteiger partial charge is 0.444 e. The molecule has 1 fully saturated rings. The average molecular weight is 215 g/mol. The summed E-state index contributed by atoms with van der Waals surface area (Å²) in [6.07, 6.45) is 2.42. The van der Waals surface area contributed by atoms with Crippen molar-refractivity contribution in [1.29, 1.82) is 0 Å². The summed E-state index contributed by atoms with van der Waals surface area (Å²) >= 11 is 0. The molecule has 4 nitrogen and oxygen atoms in total. The molecule has 0 spiro atoms. The molecule has 0 bridgehead atoms. The molecule has 1 aliphatic rings. The molecule has 2 atom stereocenters. The number of carbonyl (C=O) groups is 1. The number of rotatable bonds is 2. The Labute approximate surface area is 91.0 Å². The summed E-state index contributed by atoms with van der Waals surface area (Å²) in [5, 5.41) is 11.8. The van der Waals surface area contributed by atoms with E-state index >= 15 is 0 Å². The highest BCUT2D eigenvalue weighted by Crippen LogP contribution is 2.25. The van der Waals surface area contributed by atoms with Crippen molar-refractivity contribution >= 4 is 6.09 Å². The molecule has 1 saturated carbocycles. The summed E-state index contributed by atoms with van der Waals surface area (Å²) < 4.78 is 5.16. The van der Waals surface area contributed by atoms with E-state index in [9.17, 15) is 4.79 Å². The standard InChI is InChI=1S/C11H21NO3/c1-11(2,3)15-10(14)12-9-5-4-8(6-9)7-13/h8-9,13H,4-7H2,1-3H3,(H,12,14)/t8?,9-/m1/s1. The maximum absolute atomic E-state index is 11.4. The molecular weight excluding hydrogens is 194 g/mol. The zero-order valence-electron chi connectivity index (χ0n) is 9.75. The first-order valence-electron chi connectivity index (χ1n) is 5.51. The number of aliphatic hydroxyl groups is 1. The molecule has 4 heteroatoms. The number of hydrogen-bond acceptors (Lipinski definition) is 3. The monoisotopic (exact) mass is 215 g/mol. The van der Waals surface area contributed by atoms with Crippen LogP contribution in [0.1, 0.15) is 40.0 Å². The molecule has 2 N–H and O–H groups in total. The molecule has 0 aliphatic heterocycles. The second-order valence-electron chi connectivity index (χ2n) is 5.20. The third kappa shape index (κ3) is 4.51. The van der Waals surface area contributed by atoms with E-state index in [0.29, 0.717) is 5.92 Å². The van der Waals surface area contributed by atoms with Crippen molar-refractivity contribution in [3.05, 3.63) is 0 Å². The van der Waals surface area contributed by atoms with E-state index in [2.05, 4.69) is 5.32 Å². The zero-order chi connectivity index (χ0) is 11.5. The lowest BCUT2D eigenvalue weighted by atomic mass is 10.1. The van der Waals surface area contributed by atoms with Crippen molar-refractivity contribution in [2.45, 2.75) is 51.7 Å². The quantitative estimate of drug-likeness (QED) is 0.736. The topological polar surface area (TPSA) is 58.6 Å². The van der Waals surface area contributed by atoms with Gasteiger partial charge in [0, 0.05) is 12.6 Å². The molecule has 1 aliphatic carbocycles. The number of nitrogens with one attached hydrogen (secondary N) is 1. The fourth-order valence-corrected chi connectivity index (χ4v) is 1.85. The van der Waals surface area contributed by atoms with Crippen molar-refractivity contribution in [1.82, 2.24) is 5.32 Å². The maximum Gasteiger partial charge on any atom is 0.407 e. The summed E-state index contributed by atoms with van der Waals surface area (Å²) in [5.41, 5.74) is -0.445. The van der Waals surface area contributed by atoms with E-state index in [1.807, 2.05) is 20.8 Å². The lowest BCUT2D eigenvalue weighted by Gasteiger charge is -2.21. The maximum atomic E-state index is 11.4. The second kappa shape index (κ2) is 4.84. The number of alkyl carbamates (subject to hydrolysis) is 1. The molecular formula is C11H21NO3. The minimum Gasteiger partial charge on any atom is -0.444 e. The fourth-order valence-electron chi connectivity index (χ4n) is 1.85. The SMILES string of the molecule is CC(C)(C)OC(=O)N[C@@H]1CCC(CO)C1. The number of ether oxygens (including phenoxy) is 1. The van der Waals surface area contributed by atoms with E-state index in [-0.39, 0.29) is 18.7 Å². The molecule has 1 rings (SSSR count). The Hall–Kier alpha value is -0.770. The minimum absolute atomic E-state index is 0.164. The Bertz CT molecular complexity index is 222. The minimum atomic E-state index is -0.445. The lowest BCUT2D eigenvalue weighted by molar-refractivity contribution is 0.0503. The van der Waals surface area contributed by atoms with Crippen LogP contribution < -0.4 is 5.32 Å². The van der Waals surface area contributed by atoms with E-state index in [1.54, 1.807) is 0 Å². The Morgan fingerprint density at radius 3 is 2.60 bits per heavy atom. The molecule has 1 unspecified atom stereocenters. The second-order valence-corrected chi connectivity index (χ2v) is 5.20. The van der Waals surface area contributed by atoms with Gasteiger partial charge in [0.2, 0.25) is 0 Å². The van der Waals surface area contributed by atoms with Gasteiger partial charge in [-0.2, -0.15) is 0 Å². The van der Waals surface area contributed by atoms with Crippen LogP contribution >= 0.6 is 0 Å². The van der Waals surface area contributed by atoms with E-state index in [1.165, 1.54) is 0 Å². The van der Waals surface area contributed by atoms with Gasteiger partial charge in [-0.05, 0) is 46.0 Å². The lowest BCUT2D eigenvalue weighted by Crippen LogP contribution is -2.38. The van der Waals surface area contributed by atoms with Gasteiger partial charge in [0.05, 0.1) is 0 Å². The van der Waals surface area contributed by atoms with Crippen molar-refractivity contribution in [2.24, 2.45) is 5.92 Å². The summed E-state index contributed by atoms with van der Waals surface area (Å²) in [6, 6.07) is 0.164. The van der Waals surface area contributed by atoms with Crippen molar-refractivity contribution in [3.8, 4) is 0 Å². The molecule has 0 saturated heterocycles. The van der Waals surface area contributed by atoms with E-state index in [4.69, 9.17) is 9.84 Å². The summed E-state index contributed by atoms with van der Waals surface area (Å²) in [5.74, 6) is 0.338. The number of carbonyl (C=O) groups excluding carboxylic acids is 1. The first kappa shape index (κ1) is 12.3. The zero-order valence-corrected chi connectivity index (χ0v) is 9.75. The van der Waals surface area contributed by atoms with Gasteiger partial charge < -0.3 is 15.2 Å². The summed E-state index contributed by atoms with van der Waals surface area (Å²) in [7, 11) is 0.